The number of benzene rings is 2. The van der Waals surface area contributed by atoms with Crippen molar-refractivity contribution in [2.24, 2.45) is 0 Å². The molecule has 0 aromatic heterocycles. The highest BCUT2D eigenvalue weighted by Crippen LogP contribution is 2.21. The van der Waals surface area contributed by atoms with Gasteiger partial charge < -0.3 is 18.5 Å². The minimum absolute atomic E-state index is 0.0391. The second-order valence-corrected chi connectivity index (χ2v) is 7.24. The molecular weight excluding hydrogens is 356 g/mol. The summed E-state index contributed by atoms with van der Waals surface area (Å²) in [6.45, 7) is 2.37. The zero-order valence-electron chi connectivity index (χ0n) is 14.8. The van der Waals surface area contributed by atoms with Crippen molar-refractivity contribution in [1.29, 1.82) is 0 Å². The molecule has 0 amide bonds. The maximum atomic E-state index is 12.3. The van der Waals surface area contributed by atoms with Crippen molar-refractivity contribution in [3.63, 3.8) is 0 Å². The average Bonchev–Trinajstić information content (AvgIpc) is 2.61. The van der Waals surface area contributed by atoms with Crippen LogP contribution in [0.2, 0.25) is 0 Å². The highest BCUT2D eigenvalue weighted by atomic mass is 32.2. The summed E-state index contributed by atoms with van der Waals surface area (Å²) >= 11 is 0. The molecule has 0 unspecified atom stereocenters. The number of rotatable bonds is 10. The van der Waals surface area contributed by atoms with Crippen molar-refractivity contribution >= 4 is 15.9 Å². The molecule has 0 heterocycles. The molecule has 0 saturated carbocycles. The second-order valence-electron chi connectivity index (χ2n) is 5.70. The molecule has 0 saturated heterocycles. The van der Waals surface area contributed by atoms with Crippen LogP contribution in [0, 0.1) is 0 Å². The summed E-state index contributed by atoms with van der Waals surface area (Å²) < 4.78 is 40.1. The van der Waals surface area contributed by atoms with E-state index in [9.17, 15) is 13.2 Å². The first-order valence-corrected chi connectivity index (χ1v) is 9.56. The maximum absolute atomic E-state index is 12.3. The van der Waals surface area contributed by atoms with E-state index in [-0.39, 0.29) is 16.4 Å². The van der Waals surface area contributed by atoms with Crippen LogP contribution in [0.4, 0.5) is 0 Å². The molecule has 0 radical (unpaired) electrons. The monoisotopic (exact) mass is 378 g/mol. The average molecular weight is 378 g/mol. The van der Waals surface area contributed by atoms with Gasteiger partial charge in [-0.3, -0.25) is 0 Å². The molecule has 2 aromatic carbocycles. The fraction of sp³-hybridized carbons (Fsp3) is 0.316. The molecule has 6 nitrogen and oxygen atoms in total. The van der Waals surface area contributed by atoms with Crippen molar-refractivity contribution in [2.75, 3.05) is 20.3 Å². The summed E-state index contributed by atoms with van der Waals surface area (Å²) in [7, 11) is -2.35. The van der Waals surface area contributed by atoms with Gasteiger partial charge in [-0.25, -0.2) is 0 Å². The molecule has 0 fully saturated rings. The lowest BCUT2D eigenvalue weighted by Gasteiger charge is -2.09. The predicted octanol–water partition coefficient (Wildman–Crippen LogP) is 3.00. The van der Waals surface area contributed by atoms with Gasteiger partial charge in [0, 0.05) is 13.5 Å². The fourth-order valence-electron chi connectivity index (χ4n) is 2.15. The van der Waals surface area contributed by atoms with Crippen molar-refractivity contribution < 1.29 is 26.9 Å². The quantitative estimate of drug-likeness (QED) is 0.467. The van der Waals surface area contributed by atoms with E-state index in [2.05, 4.69) is 0 Å². The van der Waals surface area contributed by atoms with Gasteiger partial charge in [0.2, 0.25) is 0 Å². The topological polar surface area (TPSA) is 78.9 Å². The number of hydrogen-bond donors (Lipinski definition) is 0. The number of carbonyl (C=O) groups is 1. The maximum Gasteiger partial charge on any atom is 0.339 e. The SMILES string of the molecule is COCCOc1ccc(S(=O)(=O)Oc2ccc(CCC(C)=O)cc2)cc1. The minimum Gasteiger partial charge on any atom is -0.491 e. The van der Waals surface area contributed by atoms with Crippen molar-refractivity contribution in [1.82, 2.24) is 0 Å². The third kappa shape index (κ3) is 6.16. The van der Waals surface area contributed by atoms with E-state index in [1.165, 1.54) is 19.1 Å². The van der Waals surface area contributed by atoms with Gasteiger partial charge in [0.15, 0.2) is 0 Å². The first kappa shape index (κ1) is 19.9. The van der Waals surface area contributed by atoms with Crippen LogP contribution in [-0.2, 0) is 26.1 Å². The van der Waals surface area contributed by atoms with E-state index in [0.29, 0.717) is 31.8 Å². The summed E-state index contributed by atoms with van der Waals surface area (Å²) in [5.41, 5.74) is 0.947. The molecule has 0 aliphatic heterocycles. The third-order valence-electron chi connectivity index (χ3n) is 3.56. The van der Waals surface area contributed by atoms with Crippen LogP contribution in [0.5, 0.6) is 11.5 Å². The van der Waals surface area contributed by atoms with Gasteiger partial charge in [-0.05, 0) is 55.3 Å². The largest absolute Gasteiger partial charge is 0.491 e. The number of ketones is 1. The van der Waals surface area contributed by atoms with Gasteiger partial charge >= 0.3 is 10.1 Å². The van der Waals surface area contributed by atoms with E-state index in [4.69, 9.17) is 13.7 Å². The lowest BCUT2D eigenvalue weighted by atomic mass is 10.1. The third-order valence-corrected chi connectivity index (χ3v) is 4.82. The van der Waals surface area contributed by atoms with Crippen molar-refractivity contribution in [3.05, 3.63) is 54.1 Å². The summed E-state index contributed by atoms with van der Waals surface area (Å²) in [4.78, 5) is 11.0. The standard InChI is InChI=1S/C19H22O6S/c1-15(20)3-4-16-5-7-18(8-6-16)25-26(21,22)19-11-9-17(10-12-19)24-14-13-23-2/h5-12H,3-4,13-14H2,1-2H3. The van der Waals surface area contributed by atoms with E-state index in [1.54, 1.807) is 43.5 Å². The summed E-state index contributed by atoms with van der Waals surface area (Å²) in [6.07, 6.45) is 1.07. The second kappa shape index (κ2) is 9.35. The smallest absolute Gasteiger partial charge is 0.339 e. The normalized spacial score (nSPS) is 11.2. The summed E-state index contributed by atoms with van der Waals surface area (Å²) in [5.74, 6) is 0.885. The number of aryl methyl sites for hydroxylation is 1. The fourth-order valence-corrected chi connectivity index (χ4v) is 3.08. The van der Waals surface area contributed by atoms with Crippen LogP contribution in [0.1, 0.15) is 18.9 Å². The molecule has 0 aliphatic carbocycles. The Balaban J connectivity index is 2.00. The molecule has 0 atom stereocenters. The van der Waals surface area contributed by atoms with Crippen LogP contribution < -0.4 is 8.92 Å². The Morgan fingerprint density at radius 1 is 0.923 bits per heavy atom. The first-order chi connectivity index (χ1) is 12.4. The highest BCUT2D eigenvalue weighted by molar-refractivity contribution is 7.87. The molecule has 140 valence electrons. The molecule has 2 rings (SSSR count). The lowest BCUT2D eigenvalue weighted by molar-refractivity contribution is -0.116. The van der Waals surface area contributed by atoms with E-state index in [0.717, 1.165) is 5.56 Å². The van der Waals surface area contributed by atoms with Crippen LogP contribution >= 0.6 is 0 Å². The van der Waals surface area contributed by atoms with Crippen LogP contribution in [0.15, 0.2) is 53.4 Å². The van der Waals surface area contributed by atoms with Gasteiger partial charge in [-0.15, -0.1) is 0 Å². The summed E-state index contributed by atoms with van der Waals surface area (Å²) in [5, 5.41) is 0. The first-order valence-electron chi connectivity index (χ1n) is 8.15. The highest BCUT2D eigenvalue weighted by Gasteiger charge is 2.16. The molecule has 0 N–H and O–H groups in total. The zero-order chi connectivity index (χ0) is 19.0. The summed E-state index contributed by atoms with van der Waals surface area (Å²) in [6, 6.07) is 12.6. The van der Waals surface area contributed by atoms with Crippen molar-refractivity contribution in [2.45, 2.75) is 24.7 Å². The minimum atomic E-state index is -3.93. The Kier molecular flexibility index (Phi) is 7.17. The number of methoxy groups -OCH3 is 1. The van der Waals surface area contributed by atoms with E-state index in [1.807, 2.05) is 0 Å². The van der Waals surface area contributed by atoms with Crippen LogP contribution in [0.3, 0.4) is 0 Å². The molecular formula is C19H22O6S. The molecule has 0 bridgehead atoms. The Morgan fingerprint density at radius 2 is 1.54 bits per heavy atom. The molecule has 0 aliphatic rings. The number of Topliss-reactive ketones (excluding diaryl/α,β-unsaturated/α-hetero) is 1. The van der Waals surface area contributed by atoms with E-state index < -0.39 is 10.1 Å². The Hall–Kier alpha value is -2.38. The molecule has 26 heavy (non-hydrogen) atoms. The van der Waals surface area contributed by atoms with Gasteiger partial charge in [-0.1, -0.05) is 12.1 Å². The van der Waals surface area contributed by atoms with Gasteiger partial charge in [-0.2, -0.15) is 8.42 Å². The predicted molar refractivity (Wildman–Crippen MR) is 97.1 cm³/mol. The Labute approximate surface area is 153 Å². The number of ether oxygens (including phenoxy) is 2. The van der Waals surface area contributed by atoms with Crippen molar-refractivity contribution in [3.8, 4) is 11.5 Å². The van der Waals surface area contributed by atoms with Gasteiger partial charge in [0.1, 0.15) is 28.8 Å². The Bertz CT molecular complexity index is 810. The number of hydrogen-bond acceptors (Lipinski definition) is 6. The Morgan fingerprint density at radius 3 is 2.12 bits per heavy atom. The number of carbonyl (C=O) groups excluding carboxylic acids is 1. The molecule has 2 aromatic rings. The zero-order valence-corrected chi connectivity index (χ0v) is 15.6. The van der Waals surface area contributed by atoms with Gasteiger partial charge in [0.25, 0.3) is 0 Å². The van der Waals surface area contributed by atoms with Crippen LogP contribution in [0.25, 0.3) is 0 Å². The van der Waals surface area contributed by atoms with E-state index >= 15 is 0 Å². The molecule has 7 heteroatoms. The van der Waals surface area contributed by atoms with Crippen LogP contribution in [-0.4, -0.2) is 34.5 Å². The molecule has 0 spiro atoms. The van der Waals surface area contributed by atoms with Gasteiger partial charge in [0.05, 0.1) is 6.61 Å². The lowest BCUT2D eigenvalue weighted by Crippen LogP contribution is -2.10.